The van der Waals surface area contributed by atoms with E-state index in [1.54, 1.807) is 18.2 Å². The first kappa shape index (κ1) is 15.6. The lowest BCUT2D eigenvalue weighted by Crippen LogP contribution is -2.20. The third-order valence-corrected chi connectivity index (χ3v) is 2.34. The fourth-order valence-corrected chi connectivity index (χ4v) is 1.58. The van der Waals surface area contributed by atoms with Gasteiger partial charge in [0.1, 0.15) is 24.2 Å². The van der Waals surface area contributed by atoms with Gasteiger partial charge in [0.15, 0.2) is 0 Å². The van der Waals surface area contributed by atoms with Crippen LogP contribution in [0.5, 0.6) is 11.5 Å². The molecule has 0 aliphatic heterocycles. The summed E-state index contributed by atoms with van der Waals surface area (Å²) in [5.74, 6) is 0.643. The normalized spacial score (nSPS) is 13.2. The molecule has 1 aromatic rings. The maximum absolute atomic E-state index is 11.9. The van der Waals surface area contributed by atoms with Gasteiger partial charge in [-0.3, -0.25) is 0 Å². The van der Waals surface area contributed by atoms with Crippen LogP contribution in [0.2, 0.25) is 0 Å². The second-order valence-electron chi connectivity index (χ2n) is 3.72. The molecule has 0 fully saturated rings. The molecule has 1 atom stereocenters. The van der Waals surface area contributed by atoms with E-state index >= 15 is 0 Å². The number of halogens is 3. The van der Waals surface area contributed by atoms with Crippen LogP contribution in [-0.4, -0.2) is 38.7 Å². The lowest BCUT2D eigenvalue weighted by atomic mass is 10.1. The average Bonchev–Trinajstić information content (AvgIpc) is 2.35. The Bertz CT molecular complexity index is 384. The van der Waals surface area contributed by atoms with Crippen LogP contribution in [0.4, 0.5) is 13.2 Å². The number of methoxy groups -OCH3 is 2. The van der Waals surface area contributed by atoms with Crippen molar-refractivity contribution < 1.29 is 32.5 Å². The third-order valence-electron chi connectivity index (χ3n) is 2.34. The number of aliphatic hydroxyl groups excluding tert-OH is 1. The molecule has 0 heterocycles. The van der Waals surface area contributed by atoms with E-state index < -0.39 is 25.5 Å². The lowest BCUT2D eigenvalue weighted by molar-refractivity contribution is -0.179. The van der Waals surface area contributed by atoms with Crippen molar-refractivity contribution in [1.82, 2.24) is 0 Å². The number of ether oxygens (including phenoxy) is 3. The molecule has 1 N–H and O–H groups in total. The van der Waals surface area contributed by atoms with E-state index in [2.05, 4.69) is 4.74 Å². The Labute approximate surface area is 108 Å². The molecular formula is C12H15F3O4. The van der Waals surface area contributed by atoms with Crippen LogP contribution in [0.3, 0.4) is 0 Å². The molecule has 1 aromatic carbocycles. The van der Waals surface area contributed by atoms with Crippen LogP contribution in [-0.2, 0) is 4.74 Å². The predicted molar refractivity (Wildman–Crippen MR) is 61.4 cm³/mol. The van der Waals surface area contributed by atoms with Crippen molar-refractivity contribution in [3.05, 3.63) is 23.8 Å². The molecule has 4 nitrogen and oxygen atoms in total. The monoisotopic (exact) mass is 280 g/mol. The van der Waals surface area contributed by atoms with E-state index in [1.165, 1.54) is 14.2 Å². The zero-order valence-corrected chi connectivity index (χ0v) is 10.5. The van der Waals surface area contributed by atoms with Gasteiger partial charge in [-0.1, -0.05) is 6.07 Å². The molecule has 108 valence electrons. The first-order valence-electron chi connectivity index (χ1n) is 5.42. The van der Waals surface area contributed by atoms with Gasteiger partial charge in [-0.2, -0.15) is 13.2 Å². The van der Waals surface area contributed by atoms with E-state index in [0.717, 1.165) is 0 Å². The zero-order valence-electron chi connectivity index (χ0n) is 10.5. The Morgan fingerprint density at radius 3 is 2.11 bits per heavy atom. The maximum atomic E-state index is 11.9. The van der Waals surface area contributed by atoms with Gasteiger partial charge in [0.2, 0.25) is 0 Å². The summed E-state index contributed by atoms with van der Waals surface area (Å²) < 4.78 is 50.3. The van der Waals surface area contributed by atoms with Crippen LogP contribution < -0.4 is 9.47 Å². The number of aliphatic hydroxyl groups is 1. The molecule has 0 amide bonds. The molecule has 0 radical (unpaired) electrons. The standard InChI is InChI=1S/C12H15F3O4/c1-17-9-4-3-5-10(18-2)11(9)8(16)6-19-7-12(13,14)15/h3-5,8,16H,6-7H2,1-2H3. The summed E-state index contributed by atoms with van der Waals surface area (Å²) in [6.07, 6.45) is -5.70. The minimum atomic E-state index is -4.43. The van der Waals surface area contributed by atoms with Crippen molar-refractivity contribution in [2.75, 3.05) is 27.4 Å². The summed E-state index contributed by atoms with van der Waals surface area (Å²) in [7, 11) is 2.78. The third kappa shape index (κ3) is 4.60. The molecule has 0 aliphatic rings. The summed E-state index contributed by atoms with van der Waals surface area (Å²) >= 11 is 0. The highest BCUT2D eigenvalue weighted by molar-refractivity contribution is 5.46. The minimum Gasteiger partial charge on any atom is -0.496 e. The van der Waals surface area contributed by atoms with Gasteiger partial charge < -0.3 is 19.3 Å². The van der Waals surface area contributed by atoms with Crippen molar-refractivity contribution >= 4 is 0 Å². The van der Waals surface area contributed by atoms with Crippen molar-refractivity contribution in [2.45, 2.75) is 12.3 Å². The van der Waals surface area contributed by atoms with Crippen molar-refractivity contribution in [2.24, 2.45) is 0 Å². The summed E-state index contributed by atoms with van der Waals surface area (Å²) in [6, 6.07) is 4.79. The number of rotatable bonds is 6. The summed E-state index contributed by atoms with van der Waals surface area (Å²) in [4.78, 5) is 0. The first-order valence-corrected chi connectivity index (χ1v) is 5.42. The molecule has 0 aromatic heterocycles. The molecule has 0 saturated heterocycles. The summed E-state index contributed by atoms with van der Waals surface area (Å²) in [6.45, 7) is -1.92. The van der Waals surface area contributed by atoms with Crippen LogP contribution in [0.25, 0.3) is 0 Å². The maximum Gasteiger partial charge on any atom is 0.411 e. The number of benzene rings is 1. The lowest BCUT2D eigenvalue weighted by Gasteiger charge is -2.18. The molecule has 1 rings (SSSR count). The number of alkyl halides is 3. The van der Waals surface area contributed by atoms with Crippen LogP contribution >= 0.6 is 0 Å². The largest absolute Gasteiger partial charge is 0.496 e. The smallest absolute Gasteiger partial charge is 0.411 e. The fraction of sp³-hybridized carbons (Fsp3) is 0.500. The Balaban J connectivity index is 2.78. The van der Waals surface area contributed by atoms with Gasteiger partial charge in [-0.25, -0.2) is 0 Å². The van der Waals surface area contributed by atoms with E-state index in [9.17, 15) is 18.3 Å². The van der Waals surface area contributed by atoms with Gasteiger partial charge >= 0.3 is 6.18 Å². The van der Waals surface area contributed by atoms with Gasteiger partial charge in [0.25, 0.3) is 0 Å². The minimum absolute atomic E-state index is 0.259. The quantitative estimate of drug-likeness (QED) is 0.868. The van der Waals surface area contributed by atoms with Crippen LogP contribution in [0.1, 0.15) is 11.7 Å². The molecule has 0 spiro atoms. The number of hydrogen-bond acceptors (Lipinski definition) is 4. The van der Waals surface area contributed by atoms with Crippen LogP contribution in [0.15, 0.2) is 18.2 Å². The van der Waals surface area contributed by atoms with E-state index in [0.29, 0.717) is 11.5 Å². The molecular weight excluding hydrogens is 265 g/mol. The molecule has 0 bridgehead atoms. The Morgan fingerprint density at radius 1 is 1.16 bits per heavy atom. The SMILES string of the molecule is COc1cccc(OC)c1C(O)COCC(F)(F)F. The van der Waals surface area contributed by atoms with E-state index in [1.807, 2.05) is 0 Å². The zero-order chi connectivity index (χ0) is 14.5. The molecule has 7 heteroatoms. The molecule has 0 aliphatic carbocycles. The van der Waals surface area contributed by atoms with Crippen molar-refractivity contribution in [3.8, 4) is 11.5 Å². The Hall–Kier alpha value is -1.47. The molecule has 1 unspecified atom stereocenters. The topological polar surface area (TPSA) is 47.9 Å². The van der Waals surface area contributed by atoms with Crippen LogP contribution in [0, 0.1) is 0 Å². The molecule has 19 heavy (non-hydrogen) atoms. The highest BCUT2D eigenvalue weighted by Crippen LogP contribution is 2.34. The number of hydrogen-bond donors (Lipinski definition) is 1. The summed E-state index contributed by atoms with van der Waals surface area (Å²) in [5.41, 5.74) is 0.259. The first-order chi connectivity index (χ1) is 8.89. The van der Waals surface area contributed by atoms with Gasteiger partial charge in [-0.15, -0.1) is 0 Å². The van der Waals surface area contributed by atoms with Gasteiger partial charge in [-0.05, 0) is 12.1 Å². The Morgan fingerprint density at radius 2 is 1.68 bits per heavy atom. The second-order valence-corrected chi connectivity index (χ2v) is 3.72. The highest BCUT2D eigenvalue weighted by atomic mass is 19.4. The van der Waals surface area contributed by atoms with E-state index in [4.69, 9.17) is 9.47 Å². The van der Waals surface area contributed by atoms with Crippen molar-refractivity contribution in [1.29, 1.82) is 0 Å². The fourth-order valence-electron chi connectivity index (χ4n) is 1.58. The predicted octanol–water partition coefficient (Wildman–Crippen LogP) is 2.32. The average molecular weight is 280 g/mol. The van der Waals surface area contributed by atoms with E-state index in [-0.39, 0.29) is 5.56 Å². The summed E-state index contributed by atoms with van der Waals surface area (Å²) in [5, 5.41) is 9.89. The Kier molecular flexibility index (Phi) is 5.44. The second kappa shape index (κ2) is 6.63. The van der Waals surface area contributed by atoms with Gasteiger partial charge in [0, 0.05) is 0 Å². The highest BCUT2D eigenvalue weighted by Gasteiger charge is 2.28. The van der Waals surface area contributed by atoms with Crippen molar-refractivity contribution in [3.63, 3.8) is 0 Å². The molecule has 0 saturated carbocycles. The van der Waals surface area contributed by atoms with Gasteiger partial charge in [0.05, 0.1) is 26.4 Å².